The van der Waals surface area contributed by atoms with Gasteiger partial charge in [-0.05, 0) is 24.6 Å². The molecule has 0 saturated carbocycles. The topological polar surface area (TPSA) is 96.7 Å². The van der Waals surface area contributed by atoms with Crippen LogP contribution in [0.2, 0.25) is 5.02 Å². The Morgan fingerprint density at radius 3 is 3.00 bits per heavy atom. The van der Waals surface area contributed by atoms with Gasteiger partial charge in [-0.1, -0.05) is 22.8 Å². The lowest BCUT2D eigenvalue weighted by Crippen LogP contribution is -2.28. The lowest BCUT2D eigenvalue weighted by atomic mass is 10.1. The van der Waals surface area contributed by atoms with E-state index in [4.69, 9.17) is 16.1 Å². The highest BCUT2D eigenvalue weighted by Gasteiger charge is 2.22. The summed E-state index contributed by atoms with van der Waals surface area (Å²) in [6.45, 7) is 3.38. The molecule has 124 valence electrons. The average molecular weight is 346 g/mol. The molecular weight excluding hydrogens is 330 g/mol. The summed E-state index contributed by atoms with van der Waals surface area (Å²) in [5.41, 5.74) is 2.63. The normalized spacial score (nSPS) is 12.1. The van der Waals surface area contributed by atoms with Crippen molar-refractivity contribution in [1.29, 1.82) is 0 Å². The van der Waals surface area contributed by atoms with Crippen molar-refractivity contribution in [2.45, 2.75) is 26.3 Å². The molecule has 0 fully saturated rings. The maximum atomic E-state index is 11.5. The first-order chi connectivity index (χ1) is 11.5. The van der Waals surface area contributed by atoms with Crippen LogP contribution in [0.4, 0.5) is 0 Å². The molecule has 1 aromatic carbocycles. The summed E-state index contributed by atoms with van der Waals surface area (Å²) in [5.74, 6) is 0.581. The molecule has 0 saturated heterocycles. The van der Waals surface area contributed by atoms with E-state index >= 15 is 0 Å². The molecule has 2 aromatic heterocycles. The van der Waals surface area contributed by atoms with Crippen LogP contribution in [-0.4, -0.2) is 26.0 Å². The minimum absolute atomic E-state index is 0.182. The number of amides is 1. The van der Waals surface area contributed by atoms with Crippen molar-refractivity contribution in [1.82, 2.24) is 25.4 Å². The van der Waals surface area contributed by atoms with Gasteiger partial charge < -0.3 is 14.8 Å². The van der Waals surface area contributed by atoms with Gasteiger partial charge in [0.2, 0.25) is 17.6 Å². The summed E-state index contributed by atoms with van der Waals surface area (Å²) >= 11 is 6.05. The molecule has 1 amide bonds. The smallest absolute Gasteiger partial charge is 0.249 e. The Hall–Kier alpha value is -2.67. The summed E-state index contributed by atoms with van der Waals surface area (Å²) < 4.78 is 5.37. The van der Waals surface area contributed by atoms with Crippen molar-refractivity contribution in [3.05, 3.63) is 52.9 Å². The highest BCUT2D eigenvalue weighted by Crippen LogP contribution is 2.26. The Morgan fingerprint density at radius 1 is 1.46 bits per heavy atom. The van der Waals surface area contributed by atoms with Crippen molar-refractivity contribution in [3.8, 4) is 11.4 Å². The van der Waals surface area contributed by atoms with Gasteiger partial charge in [0.1, 0.15) is 6.04 Å². The first kappa shape index (κ1) is 16.2. The number of hydrogen-bond donors (Lipinski definition) is 2. The fourth-order valence-electron chi connectivity index (χ4n) is 2.38. The molecule has 7 nitrogen and oxygen atoms in total. The summed E-state index contributed by atoms with van der Waals surface area (Å²) in [4.78, 5) is 22.9. The lowest BCUT2D eigenvalue weighted by Gasteiger charge is -2.12. The number of aromatic amines is 1. The number of nitrogens with zero attached hydrogens (tertiary/aromatic N) is 3. The van der Waals surface area contributed by atoms with Gasteiger partial charge in [0, 0.05) is 35.8 Å². The first-order valence-electron chi connectivity index (χ1n) is 7.37. The number of carbonyl (C=O) groups excluding carboxylic acids is 1. The molecule has 3 aromatic rings. The number of halogens is 1. The van der Waals surface area contributed by atoms with Crippen molar-refractivity contribution in [3.63, 3.8) is 0 Å². The number of benzene rings is 1. The van der Waals surface area contributed by atoms with Crippen LogP contribution in [0.3, 0.4) is 0 Å². The van der Waals surface area contributed by atoms with Crippen molar-refractivity contribution < 1.29 is 9.32 Å². The van der Waals surface area contributed by atoms with Crippen LogP contribution < -0.4 is 5.32 Å². The number of hydrogen-bond acceptors (Lipinski definition) is 5. The Labute approximate surface area is 143 Å². The standard InChI is InChI=1S/C16H16ClN5O2/c1-9-3-4-11(17)5-13(9)15-21-16(24-22-15)14(20-10(2)23)6-12-7-18-8-19-12/h3-5,7-8,14H,6H2,1-2H3,(H,18,19)(H,20,23)/t14-/m1/s1. The third-order valence-corrected chi connectivity index (χ3v) is 3.77. The van der Waals surface area contributed by atoms with E-state index in [9.17, 15) is 4.79 Å². The zero-order valence-corrected chi connectivity index (χ0v) is 14.0. The van der Waals surface area contributed by atoms with E-state index in [1.165, 1.54) is 6.92 Å². The zero-order valence-electron chi connectivity index (χ0n) is 13.2. The van der Waals surface area contributed by atoms with Gasteiger partial charge in [0.25, 0.3) is 0 Å². The van der Waals surface area contributed by atoms with Crippen LogP contribution in [-0.2, 0) is 11.2 Å². The number of aryl methyl sites for hydroxylation is 1. The molecule has 0 bridgehead atoms. The maximum absolute atomic E-state index is 11.5. The number of imidazole rings is 1. The van der Waals surface area contributed by atoms with E-state index < -0.39 is 6.04 Å². The summed E-state index contributed by atoms with van der Waals surface area (Å²) in [7, 11) is 0. The molecule has 0 unspecified atom stereocenters. The Morgan fingerprint density at radius 2 is 2.29 bits per heavy atom. The molecule has 2 heterocycles. The summed E-state index contributed by atoms with van der Waals surface area (Å²) in [6.07, 6.45) is 3.73. The van der Waals surface area contributed by atoms with Gasteiger partial charge in [-0.3, -0.25) is 4.79 Å². The highest BCUT2D eigenvalue weighted by atomic mass is 35.5. The maximum Gasteiger partial charge on any atom is 0.249 e. The summed E-state index contributed by atoms with van der Waals surface area (Å²) in [6, 6.07) is 5.04. The molecule has 24 heavy (non-hydrogen) atoms. The van der Waals surface area contributed by atoms with Crippen LogP contribution in [0.15, 0.2) is 35.2 Å². The molecule has 1 atom stereocenters. The Balaban J connectivity index is 1.90. The second-order valence-electron chi connectivity index (χ2n) is 5.45. The van der Waals surface area contributed by atoms with Crippen molar-refractivity contribution in [2.24, 2.45) is 0 Å². The second-order valence-corrected chi connectivity index (χ2v) is 5.89. The molecule has 3 rings (SSSR count). The van der Waals surface area contributed by atoms with E-state index in [2.05, 4.69) is 25.4 Å². The van der Waals surface area contributed by atoms with Gasteiger partial charge in [-0.2, -0.15) is 4.98 Å². The molecule has 0 aliphatic carbocycles. The fourth-order valence-corrected chi connectivity index (χ4v) is 2.56. The van der Waals surface area contributed by atoms with Crippen LogP contribution >= 0.6 is 11.6 Å². The molecule has 0 aliphatic heterocycles. The summed E-state index contributed by atoms with van der Waals surface area (Å²) in [5, 5.41) is 7.44. The van der Waals surface area contributed by atoms with E-state index in [-0.39, 0.29) is 5.91 Å². The van der Waals surface area contributed by atoms with Gasteiger partial charge in [-0.25, -0.2) is 4.98 Å². The molecular formula is C16H16ClN5O2. The van der Waals surface area contributed by atoms with E-state index in [1.807, 2.05) is 13.0 Å². The predicted octanol–water partition coefficient (Wildman–Crippen LogP) is 2.84. The SMILES string of the molecule is CC(=O)N[C@H](Cc1cnc[nH]1)c1nc(-c2cc(Cl)ccc2C)no1. The van der Waals surface area contributed by atoms with Gasteiger partial charge >= 0.3 is 0 Å². The zero-order chi connectivity index (χ0) is 17.1. The molecule has 0 radical (unpaired) electrons. The molecule has 2 N–H and O–H groups in total. The third-order valence-electron chi connectivity index (χ3n) is 3.54. The Kier molecular flexibility index (Phi) is 4.61. The third kappa shape index (κ3) is 3.62. The van der Waals surface area contributed by atoms with Gasteiger partial charge in [0.05, 0.1) is 6.33 Å². The predicted molar refractivity (Wildman–Crippen MR) is 88.3 cm³/mol. The number of carbonyl (C=O) groups is 1. The Bertz CT molecular complexity index is 844. The molecule has 8 heteroatoms. The van der Waals surface area contributed by atoms with E-state index in [1.54, 1.807) is 24.7 Å². The van der Waals surface area contributed by atoms with Gasteiger partial charge in [-0.15, -0.1) is 0 Å². The highest BCUT2D eigenvalue weighted by molar-refractivity contribution is 6.30. The monoisotopic (exact) mass is 345 g/mol. The van der Waals surface area contributed by atoms with E-state index in [0.717, 1.165) is 16.8 Å². The van der Waals surface area contributed by atoms with Crippen LogP contribution in [0.25, 0.3) is 11.4 Å². The van der Waals surface area contributed by atoms with E-state index in [0.29, 0.717) is 23.2 Å². The van der Waals surface area contributed by atoms with Crippen LogP contribution in [0.5, 0.6) is 0 Å². The van der Waals surface area contributed by atoms with Crippen LogP contribution in [0, 0.1) is 6.92 Å². The number of rotatable bonds is 5. The average Bonchev–Trinajstić information content (AvgIpc) is 3.20. The quantitative estimate of drug-likeness (QED) is 0.741. The van der Waals surface area contributed by atoms with Crippen molar-refractivity contribution >= 4 is 17.5 Å². The first-order valence-corrected chi connectivity index (χ1v) is 7.75. The minimum atomic E-state index is -0.441. The minimum Gasteiger partial charge on any atom is -0.348 e. The number of nitrogens with one attached hydrogen (secondary N) is 2. The molecule has 0 aliphatic rings. The molecule has 0 spiro atoms. The number of H-pyrrole nitrogens is 1. The van der Waals surface area contributed by atoms with Crippen LogP contribution in [0.1, 0.15) is 30.1 Å². The van der Waals surface area contributed by atoms with Gasteiger partial charge in [0.15, 0.2) is 0 Å². The largest absolute Gasteiger partial charge is 0.348 e. The number of aromatic nitrogens is 4. The second kappa shape index (κ2) is 6.84. The lowest BCUT2D eigenvalue weighted by molar-refractivity contribution is -0.119. The fraction of sp³-hybridized carbons (Fsp3) is 0.250. The van der Waals surface area contributed by atoms with Crippen molar-refractivity contribution in [2.75, 3.05) is 0 Å².